The lowest BCUT2D eigenvalue weighted by molar-refractivity contribution is 0.0955. The fourth-order valence-corrected chi connectivity index (χ4v) is 4.24. The molecule has 0 radical (unpaired) electrons. The average Bonchev–Trinajstić information content (AvgIpc) is 2.85. The van der Waals surface area contributed by atoms with Gasteiger partial charge in [0.25, 0.3) is 5.91 Å². The van der Waals surface area contributed by atoms with Crippen LogP contribution in [0, 0.1) is 6.92 Å². The Kier molecular flexibility index (Phi) is 6.59. The van der Waals surface area contributed by atoms with Crippen molar-refractivity contribution in [3.8, 4) is 10.6 Å². The fourth-order valence-electron chi connectivity index (χ4n) is 3.26. The van der Waals surface area contributed by atoms with Crippen molar-refractivity contribution in [1.82, 2.24) is 15.2 Å². The Morgan fingerprint density at radius 3 is 2.60 bits per heavy atom. The van der Waals surface area contributed by atoms with Gasteiger partial charge in [-0.2, -0.15) is 0 Å². The Morgan fingerprint density at radius 1 is 1.16 bits per heavy atom. The summed E-state index contributed by atoms with van der Waals surface area (Å²) in [5.41, 5.74) is 1.88. The maximum Gasteiger partial charge on any atom is 0.263 e. The zero-order valence-corrected chi connectivity index (χ0v) is 15.8. The second-order valence-corrected chi connectivity index (χ2v) is 7.66. The third-order valence-corrected chi connectivity index (χ3v) is 5.86. The van der Waals surface area contributed by atoms with Gasteiger partial charge in [0.2, 0.25) is 0 Å². The van der Waals surface area contributed by atoms with Crippen LogP contribution in [0.2, 0.25) is 0 Å². The van der Waals surface area contributed by atoms with E-state index in [9.17, 15) is 4.79 Å². The van der Waals surface area contributed by atoms with Gasteiger partial charge in [0.05, 0.1) is 5.69 Å². The Bertz CT molecular complexity index is 676. The minimum Gasteiger partial charge on any atom is -0.351 e. The minimum absolute atomic E-state index is 0.00745. The van der Waals surface area contributed by atoms with Gasteiger partial charge in [-0.1, -0.05) is 43.2 Å². The molecule has 5 heteroatoms. The van der Waals surface area contributed by atoms with Crippen LogP contribution in [0.15, 0.2) is 30.3 Å². The van der Waals surface area contributed by atoms with Gasteiger partial charge >= 0.3 is 0 Å². The second kappa shape index (κ2) is 9.11. The molecular formula is C20H27N3OS. The largest absolute Gasteiger partial charge is 0.351 e. The molecule has 1 N–H and O–H groups in total. The Labute approximate surface area is 154 Å². The van der Waals surface area contributed by atoms with Gasteiger partial charge in [0.15, 0.2) is 0 Å². The number of rotatable bonds is 6. The molecule has 0 aliphatic carbocycles. The molecular weight excluding hydrogens is 330 g/mol. The van der Waals surface area contributed by atoms with Gasteiger partial charge in [-0.3, -0.25) is 4.79 Å². The Hall–Kier alpha value is -1.72. The number of nitrogens with one attached hydrogen (secondary N) is 1. The molecule has 134 valence electrons. The summed E-state index contributed by atoms with van der Waals surface area (Å²) < 4.78 is 0. The summed E-state index contributed by atoms with van der Waals surface area (Å²) in [5.74, 6) is 0.00745. The molecule has 0 saturated carbocycles. The van der Waals surface area contributed by atoms with Crippen LogP contribution in [0.4, 0.5) is 0 Å². The van der Waals surface area contributed by atoms with Gasteiger partial charge in [-0.05, 0) is 45.8 Å². The predicted molar refractivity (Wildman–Crippen MR) is 104 cm³/mol. The van der Waals surface area contributed by atoms with E-state index < -0.39 is 0 Å². The number of hydrogen-bond donors (Lipinski definition) is 1. The Morgan fingerprint density at radius 2 is 1.88 bits per heavy atom. The van der Waals surface area contributed by atoms with Crippen LogP contribution in [0.5, 0.6) is 0 Å². The zero-order chi connectivity index (χ0) is 17.5. The molecule has 1 amide bonds. The highest BCUT2D eigenvalue weighted by Crippen LogP contribution is 2.27. The summed E-state index contributed by atoms with van der Waals surface area (Å²) in [6.07, 6.45) is 6.36. The molecule has 2 aromatic rings. The summed E-state index contributed by atoms with van der Waals surface area (Å²) in [6, 6.07) is 10.0. The first-order chi connectivity index (χ1) is 12.2. The van der Waals surface area contributed by atoms with Crippen LogP contribution < -0.4 is 5.32 Å². The van der Waals surface area contributed by atoms with Crippen LogP contribution in [0.25, 0.3) is 10.6 Å². The molecule has 0 unspecified atom stereocenters. The number of thiazole rings is 1. The van der Waals surface area contributed by atoms with E-state index >= 15 is 0 Å². The summed E-state index contributed by atoms with van der Waals surface area (Å²) in [5, 5.41) is 3.97. The molecule has 25 heavy (non-hydrogen) atoms. The van der Waals surface area contributed by atoms with Crippen LogP contribution in [0.1, 0.15) is 47.5 Å². The first-order valence-electron chi connectivity index (χ1n) is 9.27. The number of carbonyl (C=O) groups excluding carboxylic acids is 1. The molecule has 1 saturated heterocycles. The van der Waals surface area contributed by atoms with Crippen molar-refractivity contribution in [3.05, 3.63) is 40.9 Å². The highest BCUT2D eigenvalue weighted by molar-refractivity contribution is 7.17. The van der Waals surface area contributed by atoms with Crippen LogP contribution in [-0.4, -0.2) is 42.0 Å². The fraction of sp³-hybridized carbons (Fsp3) is 0.500. The number of hydrogen-bond acceptors (Lipinski definition) is 4. The number of benzene rings is 1. The zero-order valence-electron chi connectivity index (χ0n) is 15.0. The molecule has 4 nitrogen and oxygen atoms in total. The third-order valence-electron chi connectivity index (χ3n) is 4.66. The number of likely N-dealkylation sites (tertiary alicyclic amines) is 1. The third kappa shape index (κ3) is 5.13. The smallest absolute Gasteiger partial charge is 0.263 e. The second-order valence-electron chi connectivity index (χ2n) is 6.66. The number of aromatic nitrogens is 1. The first kappa shape index (κ1) is 18.1. The van der Waals surface area contributed by atoms with Crippen molar-refractivity contribution in [2.75, 3.05) is 26.2 Å². The molecule has 1 aromatic carbocycles. The highest BCUT2D eigenvalue weighted by Gasteiger charge is 2.16. The van der Waals surface area contributed by atoms with E-state index in [2.05, 4.69) is 15.2 Å². The van der Waals surface area contributed by atoms with Gasteiger partial charge in [0, 0.05) is 12.1 Å². The van der Waals surface area contributed by atoms with E-state index in [4.69, 9.17) is 0 Å². The van der Waals surface area contributed by atoms with E-state index in [1.807, 2.05) is 37.3 Å². The quantitative estimate of drug-likeness (QED) is 0.791. The number of amides is 1. The molecule has 1 fully saturated rings. The molecule has 2 heterocycles. The van der Waals surface area contributed by atoms with Crippen molar-refractivity contribution >= 4 is 17.2 Å². The first-order valence-corrected chi connectivity index (χ1v) is 10.1. The van der Waals surface area contributed by atoms with Crippen molar-refractivity contribution in [2.45, 2.75) is 39.0 Å². The molecule has 0 atom stereocenters. The Balaban J connectivity index is 1.49. The normalized spacial score (nSPS) is 15.7. The molecule has 1 aliphatic heterocycles. The minimum atomic E-state index is 0.00745. The van der Waals surface area contributed by atoms with E-state index in [1.165, 1.54) is 50.1 Å². The van der Waals surface area contributed by atoms with Crippen molar-refractivity contribution in [3.63, 3.8) is 0 Å². The van der Waals surface area contributed by atoms with Gasteiger partial charge in [-0.15, -0.1) is 11.3 Å². The van der Waals surface area contributed by atoms with Crippen LogP contribution >= 0.6 is 11.3 Å². The van der Waals surface area contributed by atoms with Gasteiger partial charge in [-0.25, -0.2) is 4.98 Å². The maximum atomic E-state index is 12.5. The van der Waals surface area contributed by atoms with E-state index in [0.717, 1.165) is 40.7 Å². The summed E-state index contributed by atoms with van der Waals surface area (Å²) >= 11 is 1.48. The van der Waals surface area contributed by atoms with Gasteiger partial charge in [0.1, 0.15) is 9.88 Å². The van der Waals surface area contributed by atoms with Gasteiger partial charge < -0.3 is 10.2 Å². The van der Waals surface area contributed by atoms with E-state index in [1.54, 1.807) is 0 Å². The van der Waals surface area contributed by atoms with Crippen molar-refractivity contribution < 1.29 is 4.79 Å². The number of nitrogens with zero attached hydrogens (tertiary/aromatic N) is 2. The predicted octanol–water partition coefficient (Wildman–Crippen LogP) is 4.11. The average molecular weight is 358 g/mol. The molecule has 0 spiro atoms. The molecule has 1 aromatic heterocycles. The number of aryl methyl sites for hydroxylation is 1. The van der Waals surface area contributed by atoms with Crippen LogP contribution in [0.3, 0.4) is 0 Å². The SMILES string of the molecule is Cc1nc(-c2ccccc2)sc1C(=O)NCCCN1CCCCCC1. The lowest BCUT2D eigenvalue weighted by atomic mass is 10.2. The highest BCUT2D eigenvalue weighted by atomic mass is 32.1. The number of carbonyl (C=O) groups is 1. The molecule has 1 aliphatic rings. The maximum absolute atomic E-state index is 12.5. The summed E-state index contributed by atoms with van der Waals surface area (Å²) in [6.45, 7) is 6.14. The van der Waals surface area contributed by atoms with E-state index in [0.29, 0.717) is 0 Å². The van der Waals surface area contributed by atoms with Crippen molar-refractivity contribution in [1.29, 1.82) is 0 Å². The summed E-state index contributed by atoms with van der Waals surface area (Å²) in [4.78, 5) is 20.3. The molecule has 0 bridgehead atoms. The monoisotopic (exact) mass is 357 g/mol. The lowest BCUT2D eigenvalue weighted by Gasteiger charge is -2.19. The molecule has 3 rings (SSSR count). The topological polar surface area (TPSA) is 45.2 Å². The van der Waals surface area contributed by atoms with E-state index in [-0.39, 0.29) is 5.91 Å². The van der Waals surface area contributed by atoms with Crippen LogP contribution in [-0.2, 0) is 0 Å². The van der Waals surface area contributed by atoms with Crippen molar-refractivity contribution in [2.24, 2.45) is 0 Å². The summed E-state index contributed by atoms with van der Waals surface area (Å²) in [7, 11) is 0. The standard InChI is InChI=1S/C20H27N3OS/c1-16-18(25-20(22-16)17-10-5-4-6-11-17)19(24)21-12-9-15-23-13-7-2-3-8-14-23/h4-6,10-11H,2-3,7-9,12-15H2,1H3,(H,21,24). The lowest BCUT2D eigenvalue weighted by Crippen LogP contribution is -2.30.